The number of hydrogen-bond donors (Lipinski definition) is 2. The Morgan fingerprint density at radius 3 is 2.69 bits per heavy atom. The van der Waals surface area contributed by atoms with Crippen LogP contribution >= 0.6 is 22.9 Å². The molecule has 2 N–H and O–H groups in total. The first-order valence-corrected chi connectivity index (χ1v) is 11.8. The second-order valence-corrected chi connectivity index (χ2v) is 10.2. The van der Waals surface area contributed by atoms with E-state index in [-0.39, 0.29) is 16.0 Å². The standard InChI is InChI=1S/C21H12ClN3O5S2/c22-19-8-7-18(31-19)16-10-13(12-3-1-2-4-14(12)23-16)20(26)25-32(28,29)11-5-6-15-17(9-11)30-21(27)24-15/h1-10H,(H,24,27)(H,25,26). The summed E-state index contributed by atoms with van der Waals surface area (Å²) in [5.41, 5.74) is 1.59. The van der Waals surface area contributed by atoms with Crippen molar-refractivity contribution < 1.29 is 17.6 Å². The number of nitrogens with zero attached hydrogens (tertiary/aromatic N) is 1. The van der Waals surface area contributed by atoms with Crippen molar-refractivity contribution in [2.75, 3.05) is 0 Å². The lowest BCUT2D eigenvalue weighted by Crippen LogP contribution is -2.30. The van der Waals surface area contributed by atoms with Gasteiger partial charge in [-0.2, -0.15) is 0 Å². The maximum atomic E-state index is 13.1. The molecular formula is C21H12ClN3O5S2. The molecule has 32 heavy (non-hydrogen) atoms. The molecule has 11 heteroatoms. The third kappa shape index (κ3) is 3.68. The van der Waals surface area contributed by atoms with Crippen molar-refractivity contribution in [1.29, 1.82) is 0 Å². The van der Waals surface area contributed by atoms with E-state index in [0.29, 0.717) is 26.4 Å². The number of para-hydroxylation sites is 1. The summed E-state index contributed by atoms with van der Waals surface area (Å²) in [6, 6.07) is 15.8. The summed E-state index contributed by atoms with van der Waals surface area (Å²) in [6.07, 6.45) is 0. The zero-order valence-electron chi connectivity index (χ0n) is 16.0. The van der Waals surface area contributed by atoms with Crippen LogP contribution in [0.3, 0.4) is 0 Å². The van der Waals surface area contributed by atoms with Crippen molar-refractivity contribution in [3.8, 4) is 10.6 Å². The van der Waals surface area contributed by atoms with Crippen LogP contribution in [0.4, 0.5) is 0 Å². The fraction of sp³-hybridized carbons (Fsp3) is 0. The number of carbonyl (C=O) groups excluding carboxylic acids is 1. The molecule has 0 saturated heterocycles. The predicted molar refractivity (Wildman–Crippen MR) is 122 cm³/mol. The van der Waals surface area contributed by atoms with E-state index in [1.54, 1.807) is 36.4 Å². The molecule has 0 fully saturated rings. The SMILES string of the molecule is O=C(NS(=O)(=O)c1ccc2[nH]c(=O)oc2c1)c1cc(-c2ccc(Cl)s2)nc2ccccc12. The van der Waals surface area contributed by atoms with E-state index in [0.717, 1.165) is 4.88 Å². The number of sulfonamides is 1. The molecule has 0 saturated carbocycles. The van der Waals surface area contributed by atoms with Gasteiger partial charge in [-0.1, -0.05) is 29.8 Å². The van der Waals surface area contributed by atoms with Crippen LogP contribution in [-0.4, -0.2) is 24.3 Å². The Bertz CT molecular complexity index is 1680. The number of halogens is 1. The summed E-state index contributed by atoms with van der Waals surface area (Å²) in [5, 5.41) is 0.499. The zero-order chi connectivity index (χ0) is 22.5. The fourth-order valence-electron chi connectivity index (χ4n) is 3.27. The van der Waals surface area contributed by atoms with E-state index in [1.165, 1.54) is 35.6 Å². The molecule has 1 amide bonds. The van der Waals surface area contributed by atoms with Gasteiger partial charge < -0.3 is 4.42 Å². The Balaban J connectivity index is 1.57. The van der Waals surface area contributed by atoms with Crippen LogP contribution in [-0.2, 0) is 10.0 Å². The zero-order valence-corrected chi connectivity index (χ0v) is 18.3. The van der Waals surface area contributed by atoms with Gasteiger partial charge in [-0.3, -0.25) is 9.78 Å². The monoisotopic (exact) mass is 485 g/mol. The van der Waals surface area contributed by atoms with Gasteiger partial charge in [0, 0.05) is 11.5 Å². The second kappa shape index (κ2) is 7.59. The van der Waals surface area contributed by atoms with Gasteiger partial charge in [0.15, 0.2) is 5.58 Å². The fourth-order valence-corrected chi connectivity index (χ4v) is 5.26. The van der Waals surface area contributed by atoms with Gasteiger partial charge >= 0.3 is 5.76 Å². The van der Waals surface area contributed by atoms with Crippen LogP contribution in [0, 0.1) is 0 Å². The Labute approximate surface area is 189 Å². The highest BCUT2D eigenvalue weighted by Crippen LogP contribution is 2.32. The molecule has 5 aromatic rings. The normalized spacial score (nSPS) is 11.8. The average molecular weight is 486 g/mol. The lowest BCUT2D eigenvalue weighted by molar-refractivity contribution is 0.0983. The van der Waals surface area contributed by atoms with Crippen molar-refractivity contribution in [3.05, 3.63) is 81.1 Å². The first kappa shape index (κ1) is 20.4. The number of amides is 1. The van der Waals surface area contributed by atoms with Crippen molar-refractivity contribution in [2.24, 2.45) is 0 Å². The van der Waals surface area contributed by atoms with E-state index in [2.05, 4.69) is 14.7 Å². The van der Waals surface area contributed by atoms with E-state index in [4.69, 9.17) is 16.0 Å². The highest BCUT2D eigenvalue weighted by Gasteiger charge is 2.22. The molecule has 8 nitrogen and oxygen atoms in total. The van der Waals surface area contributed by atoms with Crippen LogP contribution in [0.1, 0.15) is 10.4 Å². The number of pyridine rings is 1. The molecule has 3 aromatic heterocycles. The number of H-pyrrole nitrogens is 1. The Morgan fingerprint density at radius 2 is 1.91 bits per heavy atom. The van der Waals surface area contributed by atoms with Crippen molar-refractivity contribution in [3.63, 3.8) is 0 Å². The molecule has 3 heterocycles. The first-order valence-electron chi connectivity index (χ1n) is 9.16. The molecular weight excluding hydrogens is 474 g/mol. The van der Waals surface area contributed by atoms with E-state index < -0.39 is 21.7 Å². The molecule has 5 rings (SSSR count). The molecule has 0 aliphatic carbocycles. The molecule has 0 aliphatic rings. The van der Waals surface area contributed by atoms with Crippen molar-refractivity contribution >= 4 is 60.9 Å². The number of nitrogens with one attached hydrogen (secondary N) is 2. The minimum atomic E-state index is -4.25. The minimum Gasteiger partial charge on any atom is -0.408 e. The third-order valence-corrected chi connectivity index (χ3v) is 7.30. The first-order chi connectivity index (χ1) is 15.3. The minimum absolute atomic E-state index is 0.0662. The molecule has 0 bridgehead atoms. The van der Waals surface area contributed by atoms with Gasteiger partial charge in [0.05, 0.1) is 36.4 Å². The summed E-state index contributed by atoms with van der Waals surface area (Å²) >= 11 is 7.33. The average Bonchev–Trinajstić information content (AvgIpc) is 3.36. The van der Waals surface area contributed by atoms with E-state index in [9.17, 15) is 18.0 Å². The van der Waals surface area contributed by atoms with Crippen molar-refractivity contribution in [2.45, 2.75) is 4.90 Å². The van der Waals surface area contributed by atoms with Crippen LogP contribution in [0.25, 0.3) is 32.6 Å². The number of aromatic amines is 1. The van der Waals surface area contributed by atoms with Crippen LogP contribution in [0.2, 0.25) is 4.34 Å². The Morgan fingerprint density at radius 1 is 1.09 bits per heavy atom. The molecule has 0 aliphatic heterocycles. The molecule has 0 radical (unpaired) electrons. The van der Waals surface area contributed by atoms with E-state index >= 15 is 0 Å². The largest absolute Gasteiger partial charge is 0.417 e. The summed E-state index contributed by atoms with van der Waals surface area (Å²) in [7, 11) is -4.25. The molecule has 0 atom stereocenters. The number of hydrogen-bond acceptors (Lipinski definition) is 7. The van der Waals surface area contributed by atoms with Gasteiger partial charge in [-0.15, -0.1) is 11.3 Å². The van der Waals surface area contributed by atoms with Crippen LogP contribution < -0.4 is 10.5 Å². The molecule has 0 spiro atoms. The topological polar surface area (TPSA) is 122 Å². The Hall–Kier alpha value is -3.47. The third-order valence-electron chi connectivity index (χ3n) is 4.72. The summed E-state index contributed by atoms with van der Waals surface area (Å²) in [4.78, 5) is 31.9. The number of aromatic nitrogens is 2. The molecule has 2 aromatic carbocycles. The van der Waals surface area contributed by atoms with Gasteiger partial charge in [0.2, 0.25) is 0 Å². The summed E-state index contributed by atoms with van der Waals surface area (Å²) in [6.45, 7) is 0. The van der Waals surface area contributed by atoms with Crippen molar-refractivity contribution in [1.82, 2.24) is 14.7 Å². The Kier molecular flexibility index (Phi) is 4.85. The quantitative estimate of drug-likeness (QED) is 0.394. The number of fused-ring (bicyclic) bond motifs is 2. The summed E-state index contributed by atoms with van der Waals surface area (Å²) < 4.78 is 33.3. The smallest absolute Gasteiger partial charge is 0.408 e. The lowest BCUT2D eigenvalue weighted by Gasteiger charge is -2.10. The predicted octanol–water partition coefficient (Wildman–Crippen LogP) is 4.17. The van der Waals surface area contributed by atoms with E-state index in [1.807, 2.05) is 0 Å². The maximum Gasteiger partial charge on any atom is 0.417 e. The molecule has 160 valence electrons. The number of oxazole rings is 1. The number of rotatable bonds is 4. The highest BCUT2D eigenvalue weighted by atomic mass is 35.5. The van der Waals surface area contributed by atoms with Gasteiger partial charge in [0.1, 0.15) is 0 Å². The van der Waals surface area contributed by atoms with Gasteiger partial charge in [0.25, 0.3) is 15.9 Å². The second-order valence-electron chi connectivity index (χ2n) is 6.78. The van der Waals surface area contributed by atoms with Crippen LogP contribution in [0.5, 0.6) is 0 Å². The van der Waals surface area contributed by atoms with Gasteiger partial charge in [-0.25, -0.2) is 22.9 Å². The number of carbonyl (C=O) groups is 1. The lowest BCUT2D eigenvalue weighted by atomic mass is 10.1. The number of thiophene rings is 1. The molecule has 0 unspecified atom stereocenters. The van der Waals surface area contributed by atoms with Crippen LogP contribution in [0.15, 0.2) is 74.8 Å². The summed E-state index contributed by atoms with van der Waals surface area (Å²) in [5.74, 6) is -1.52. The number of benzene rings is 2. The highest BCUT2D eigenvalue weighted by molar-refractivity contribution is 7.90. The van der Waals surface area contributed by atoms with Gasteiger partial charge in [-0.05, 0) is 36.4 Å². The maximum absolute atomic E-state index is 13.1.